The smallest absolute Gasteiger partial charge is 0.395 e. The number of carbonyl (C=O) groups excluding carboxylic acids is 2. The van der Waals surface area contributed by atoms with Crippen LogP contribution in [-0.2, 0) is 11.2 Å². The first-order valence-electron chi connectivity index (χ1n) is 11.5. The van der Waals surface area contributed by atoms with E-state index in [4.69, 9.17) is 22.1 Å². The molecule has 196 valence electrons. The van der Waals surface area contributed by atoms with Gasteiger partial charge in [-0.3, -0.25) is 9.59 Å². The van der Waals surface area contributed by atoms with Gasteiger partial charge in [-0.15, -0.1) is 0 Å². The van der Waals surface area contributed by atoms with E-state index < -0.39 is 29.3 Å². The lowest BCUT2D eigenvalue weighted by Crippen LogP contribution is -2.42. The lowest BCUT2D eigenvalue weighted by atomic mass is 9.80. The number of alkyl halides is 3. The van der Waals surface area contributed by atoms with Crippen LogP contribution in [0.1, 0.15) is 46.7 Å². The second kappa shape index (κ2) is 11.0. The standard InChI is InChI=1S/C25H30ClF3N4O3/c1-33(2)18(10-15-4-5-16(23(30)35)11-20(15)26)14-31-21(34)12-19(24(8-9-24)25(27,28)29)17-6-7-22(36-3)32-13-17/h4-7,11,13,18-19H,8-10,12,14H2,1-3H3,(H2,30,35)(H,31,34). The van der Waals surface area contributed by atoms with Gasteiger partial charge in [0.2, 0.25) is 17.7 Å². The van der Waals surface area contributed by atoms with Crippen molar-refractivity contribution in [2.45, 2.75) is 43.8 Å². The highest BCUT2D eigenvalue weighted by Crippen LogP contribution is 2.66. The van der Waals surface area contributed by atoms with Crippen molar-refractivity contribution < 1.29 is 27.5 Å². The number of likely N-dealkylation sites (N-methyl/N-ethyl adjacent to an activating group) is 1. The van der Waals surface area contributed by atoms with Crippen molar-refractivity contribution in [3.63, 3.8) is 0 Å². The number of carbonyl (C=O) groups is 2. The molecule has 0 radical (unpaired) electrons. The molecule has 0 bridgehead atoms. The van der Waals surface area contributed by atoms with Gasteiger partial charge in [-0.05, 0) is 56.6 Å². The van der Waals surface area contributed by atoms with Crippen LogP contribution in [0, 0.1) is 5.41 Å². The van der Waals surface area contributed by atoms with E-state index in [0.29, 0.717) is 17.0 Å². The number of halogens is 4. The van der Waals surface area contributed by atoms with Crippen LogP contribution in [0.5, 0.6) is 5.88 Å². The van der Waals surface area contributed by atoms with Crippen molar-refractivity contribution >= 4 is 23.4 Å². The molecule has 1 fully saturated rings. The number of ether oxygens (including phenoxy) is 1. The number of hydrogen-bond acceptors (Lipinski definition) is 5. The monoisotopic (exact) mass is 526 g/mol. The molecule has 1 heterocycles. The molecule has 0 saturated heterocycles. The zero-order valence-electron chi connectivity index (χ0n) is 20.4. The van der Waals surface area contributed by atoms with Crippen LogP contribution in [0.25, 0.3) is 0 Å². The fraction of sp³-hybridized carbons (Fsp3) is 0.480. The number of aromatic nitrogens is 1. The molecular formula is C25H30ClF3N4O3. The molecule has 11 heteroatoms. The number of nitrogens with zero attached hydrogens (tertiary/aromatic N) is 2. The minimum Gasteiger partial charge on any atom is -0.481 e. The number of nitrogens with two attached hydrogens (primary N) is 1. The van der Waals surface area contributed by atoms with E-state index in [1.54, 1.807) is 12.1 Å². The number of amides is 2. The van der Waals surface area contributed by atoms with Gasteiger partial charge in [-0.2, -0.15) is 13.2 Å². The first-order valence-corrected chi connectivity index (χ1v) is 11.8. The molecule has 1 aliphatic carbocycles. The van der Waals surface area contributed by atoms with Crippen LogP contribution in [-0.4, -0.2) is 61.7 Å². The summed E-state index contributed by atoms with van der Waals surface area (Å²) in [7, 11) is 5.08. The van der Waals surface area contributed by atoms with Gasteiger partial charge in [0, 0.05) is 47.8 Å². The SMILES string of the molecule is COc1ccc(C(CC(=O)NCC(Cc2ccc(C(N)=O)cc2Cl)N(C)C)C2(C(F)(F)F)CC2)cn1. The Morgan fingerprint density at radius 1 is 1.25 bits per heavy atom. The third-order valence-electron chi connectivity index (χ3n) is 6.84. The Morgan fingerprint density at radius 2 is 1.94 bits per heavy atom. The summed E-state index contributed by atoms with van der Waals surface area (Å²) in [5.74, 6) is -1.83. The second-order valence-electron chi connectivity index (χ2n) is 9.34. The lowest BCUT2D eigenvalue weighted by Gasteiger charge is -2.30. The molecule has 2 aromatic rings. The number of hydrogen-bond donors (Lipinski definition) is 2. The number of nitrogens with one attached hydrogen (secondary N) is 1. The first kappa shape index (κ1) is 27.7. The van der Waals surface area contributed by atoms with Gasteiger partial charge >= 0.3 is 6.18 Å². The third-order valence-corrected chi connectivity index (χ3v) is 7.19. The Balaban J connectivity index is 1.71. The summed E-state index contributed by atoms with van der Waals surface area (Å²) in [5.41, 5.74) is 4.75. The molecule has 1 aliphatic rings. The molecule has 3 N–H and O–H groups in total. The normalized spacial score (nSPS) is 16.3. The highest BCUT2D eigenvalue weighted by atomic mass is 35.5. The highest BCUT2D eigenvalue weighted by Gasteiger charge is 2.67. The predicted octanol–water partition coefficient (Wildman–Crippen LogP) is 3.95. The molecule has 0 aliphatic heterocycles. The number of pyridine rings is 1. The second-order valence-corrected chi connectivity index (χ2v) is 9.75. The van der Waals surface area contributed by atoms with Crippen LogP contribution >= 0.6 is 11.6 Å². The zero-order chi connectivity index (χ0) is 26.7. The average Bonchev–Trinajstić information content (AvgIpc) is 3.63. The van der Waals surface area contributed by atoms with Crippen molar-refractivity contribution in [1.82, 2.24) is 15.2 Å². The molecule has 2 amide bonds. The molecule has 1 saturated carbocycles. The van der Waals surface area contributed by atoms with Gasteiger partial charge in [0.05, 0.1) is 12.5 Å². The predicted molar refractivity (Wildman–Crippen MR) is 130 cm³/mol. The number of rotatable bonds is 11. The van der Waals surface area contributed by atoms with Crippen molar-refractivity contribution in [1.29, 1.82) is 0 Å². The maximum absolute atomic E-state index is 14.0. The largest absolute Gasteiger partial charge is 0.481 e. The van der Waals surface area contributed by atoms with Gasteiger partial charge in [-0.1, -0.05) is 23.7 Å². The van der Waals surface area contributed by atoms with Crippen LogP contribution in [0.4, 0.5) is 13.2 Å². The third kappa shape index (κ3) is 6.28. The van der Waals surface area contributed by atoms with Gasteiger partial charge in [0.25, 0.3) is 0 Å². The Labute approximate surface area is 213 Å². The molecule has 2 atom stereocenters. The van der Waals surface area contributed by atoms with Crippen molar-refractivity contribution in [3.8, 4) is 5.88 Å². The van der Waals surface area contributed by atoms with Gasteiger partial charge in [0.1, 0.15) is 0 Å². The molecule has 7 nitrogen and oxygen atoms in total. The Hall–Kier alpha value is -2.85. The maximum atomic E-state index is 14.0. The molecule has 2 unspecified atom stereocenters. The summed E-state index contributed by atoms with van der Waals surface area (Å²) in [6.45, 7) is 0.201. The minimum absolute atomic E-state index is 0.0272. The summed E-state index contributed by atoms with van der Waals surface area (Å²) in [5, 5.41) is 3.17. The fourth-order valence-corrected chi connectivity index (χ4v) is 4.62. The van der Waals surface area contributed by atoms with E-state index in [9.17, 15) is 22.8 Å². The van der Waals surface area contributed by atoms with E-state index in [2.05, 4.69) is 10.3 Å². The molecule has 36 heavy (non-hydrogen) atoms. The van der Waals surface area contributed by atoms with Gasteiger partial charge in [-0.25, -0.2) is 4.98 Å². The molecule has 1 aromatic carbocycles. The number of benzene rings is 1. The highest BCUT2D eigenvalue weighted by molar-refractivity contribution is 6.31. The Morgan fingerprint density at radius 3 is 2.42 bits per heavy atom. The van der Waals surface area contributed by atoms with E-state index in [1.165, 1.54) is 31.5 Å². The zero-order valence-corrected chi connectivity index (χ0v) is 21.1. The average molecular weight is 527 g/mol. The topological polar surface area (TPSA) is 97.5 Å². The summed E-state index contributed by atoms with van der Waals surface area (Å²) >= 11 is 6.31. The van der Waals surface area contributed by atoms with Gasteiger partial charge < -0.3 is 20.7 Å². The number of methoxy groups -OCH3 is 1. The maximum Gasteiger partial charge on any atom is 0.395 e. The van der Waals surface area contributed by atoms with Crippen LogP contribution < -0.4 is 15.8 Å². The quantitative estimate of drug-likeness (QED) is 0.462. The molecule has 3 rings (SSSR count). The minimum atomic E-state index is -4.43. The van der Waals surface area contributed by atoms with E-state index >= 15 is 0 Å². The summed E-state index contributed by atoms with van der Waals surface area (Å²) < 4.78 is 47.0. The lowest BCUT2D eigenvalue weighted by molar-refractivity contribution is -0.194. The molecule has 1 aromatic heterocycles. The van der Waals surface area contributed by atoms with Crippen molar-refractivity contribution in [3.05, 3.63) is 58.2 Å². The van der Waals surface area contributed by atoms with Crippen molar-refractivity contribution in [2.75, 3.05) is 27.7 Å². The summed E-state index contributed by atoms with van der Waals surface area (Å²) in [6.07, 6.45) is -3.01. The van der Waals surface area contributed by atoms with E-state index in [1.807, 2.05) is 19.0 Å². The summed E-state index contributed by atoms with van der Waals surface area (Å²) in [6, 6.07) is 7.62. The Kier molecular flexibility index (Phi) is 8.51. The first-order chi connectivity index (χ1) is 16.9. The number of primary amides is 1. The molecule has 0 spiro atoms. The van der Waals surface area contributed by atoms with Crippen LogP contribution in [0.2, 0.25) is 5.02 Å². The van der Waals surface area contributed by atoms with Gasteiger partial charge in [0.15, 0.2) is 0 Å². The van der Waals surface area contributed by atoms with Crippen LogP contribution in [0.15, 0.2) is 36.5 Å². The Bertz CT molecular complexity index is 1090. The molecular weight excluding hydrogens is 497 g/mol. The van der Waals surface area contributed by atoms with E-state index in [0.717, 1.165) is 5.56 Å². The van der Waals surface area contributed by atoms with E-state index in [-0.39, 0.29) is 43.3 Å². The van der Waals surface area contributed by atoms with Crippen LogP contribution in [0.3, 0.4) is 0 Å². The van der Waals surface area contributed by atoms with Crippen molar-refractivity contribution in [2.24, 2.45) is 11.1 Å². The fourth-order valence-electron chi connectivity index (χ4n) is 4.36. The summed E-state index contributed by atoms with van der Waals surface area (Å²) in [4.78, 5) is 30.2.